The summed E-state index contributed by atoms with van der Waals surface area (Å²) in [6.45, 7) is -0.224. The highest BCUT2D eigenvalue weighted by molar-refractivity contribution is 5.85. The second-order valence-electron chi connectivity index (χ2n) is 6.71. The lowest BCUT2D eigenvalue weighted by atomic mass is 10.1. The van der Waals surface area contributed by atoms with Crippen LogP contribution in [0.3, 0.4) is 0 Å². The predicted molar refractivity (Wildman–Crippen MR) is 96.3 cm³/mol. The van der Waals surface area contributed by atoms with Gasteiger partial charge >= 0.3 is 0 Å². The molecule has 1 aliphatic carbocycles. The first kappa shape index (κ1) is 20.7. The molecule has 146 valence electrons. The highest BCUT2D eigenvalue weighted by Crippen LogP contribution is 2.30. The smallest absolute Gasteiger partial charge is 0.262 e. The molecule has 0 bridgehead atoms. The van der Waals surface area contributed by atoms with Gasteiger partial charge in [-0.05, 0) is 37.8 Å². The zero-order chi connectivity index (χ0) is 17.9. The first-order valence-corrected chi connectivity index (χ1v) is 8.69. The largest absolute Gasteiger partial charge is 0.497 e. The number of amides is 1. The number of hydrogen-bond acceptors (Lipinski definition) is 4. The second kappa shape index (κ2) is 8.86. The minimum atomic E-state index is -2.82. The van der Waals surface area contributed by atoms with E-state index in [1.165, 1.54) is 0 Å². The van der Waals surface area contributed by atoms with Gasteiger partial charge in [-0.1, -0.05) is 0 Å². The molecule has 2 fully saturated rings. The molecule has 1 aliphatic heterocycles. The third kappa shape index (κ3) is 5.20. The van der Waals surface area contributed by atoms with Crippen molar-refractivity contribution in [1.82, 2.24) is 10.6 Å². The molecule has 5 nitrogen and oxygen atoms in total. The SMILES string of the molecule is COc1ccc(CNC(=O)C2CC(F)(F)CN2)c(OC2CCCC2)c1.Cl. The molecule has 26 heavy (non-hydrogen) atoms. The molecule has 2 N–H and O–H groups in total. The molecule has 1 unspecified atom stereocenters. The molecule has 1 aromatic rings. The van der Waals surface area contributed by atoms with Gasteiger partial charge in [-0.3, -0.25) is 10.1 Å². The molecule has 0 aromatic heterocycles. The molecule has 1 atom stereocenters. The van der Waals surface area contributed by atoms with Crippen molar-refractivity contribution < 1.29 is 23.0 Å². The number of benzene rings is 1. The lowest BCUT2D eigenvalue weighted by Crippen LogP contribution is -2.40. The van der Waals surface area contributed by atoms with Crippen LogP contribution in [0.25, 0.3) is 0 Å². The van der Waals surface area contributed by atoms with E-state index in [1.54, 1.807) is 13.2 Å². The number of ether oxygens (including phenoxy) is 2. The zero-order valence-electron chi connectivity index (χ0n) is 14.7. The molecule has 8 heteroatoms. The molecule has 0 radical (unpaired) electrons. The summed E-state index contributed by atoms with van der Waals surface area (Å²) in [5.41, 5.74) is 0.811. The lowest BCUT2D eigenvalue weighted by Gasteiger charge is -2.18. The van der Waals surface area contributed by atoms with Gasteiger partial charge in [-0.25, -0.2) is 8.78 Å². The highest BCUT2D eigenvalue weighted by atomic mass is 35.5. The predicted octanol–water partition coefficient (Wildman–Crippen LogP) is 3.05. The third-order valence-corrected chi connectivity index (χ3v) is 4.75. The number of methoxy groups -OCH3 is 1. The quantitative estimate of drug-likeness (QED) is 0.783. The third-order valence-electron chi connectivity index (χ3n) is 4.75. The van der Waals surface area contributed by atoms with Crippen molar-refractivity contribution in [3.8, 4) is 11.5 Å². The van der Waals surface area contributed by atoms with Gasteiger partial charge in [0.15, 0.2) is 0 Å². The maximum atomic E-state index is 13.2. The van der Waals surface area contributed by atoms with Gasteiger partial charge in [-0.15, -0.1) is 12.4 Å². The molecule has 1 amide bonds. The van der Waals surface area contributed by atoms with Crippen molar-refractivity contribution in [1.29, 1.82) is 0 Å². The molecule has 2 aliphatic rings. The average molecular weight is 391 g/mol. The van der Waals surface area contributed by atoms with Crippen molar-refractivity contribution >= 4 is 18.3 Å². The normalized spacial score (nSPS) is 21.9. The summed E-state index contributed by atoms with van der Waals surface area (Å²) in [5, 5.41) is 5.29. The summed E-state index contributed by atoms with van der Waals surface area (Å²) in [4.78, 5) is 12.1. The van der Waals surface area contributed by atoms with E-state index < -0.39 is 30.8 Å². The van der Waals surface area contributed by atoms with Crippen LogP contribution in [0.15, 0.2) is 18.2 Å². The summed E-state index contributed by atoms with van der Waals surface area (Å²) < 4.78 is 37.7. The lowest BCUT2D eigenvalue weighted by molar-refractivity contribution is -0.123. The van der Waals surface area contributed by atoms with Crippen LogP contribution in [0.4, 0.5) is 8.78 Å². The Balaban J connectivity index is 0.00000243. The van der Waals surface area contributed by atoms with Crippen molar-refractivity contribution in [2.45, 2.75) is 56.7 Å². The van der Waals surface area contributed by atoms with Crippen molar-refractivity contribution in [3.63, 3.8) is 0 Å². The van der Waals surface area contributed by atoms with E-state index in [9.17, 15) is 13.6 Å². The van der Waals surface area contributed by atoms with E-state index >= 15 is 0 Å². The Morgan fingerprint density at radius 3 is 2.69 bits per heavy atom. The topological polar surface area (TPSA) is 59.6 Å². The number of alkyl halides is 2. The number of carbonyl (C=O) groups excluding carboxylic acids is 1. The van der Waals surface area contributed by atoms with Crippen LogP contribution < -0.4 is 20.1 Å². The summed E-state index contributed by atoms with van der Waals surface area (Å²) in [6.07, 6.45) is 4.06. The van der Waals surface area contributed by atoms with Crippen molar-refractivity contribution in [2.24, 2.45) is 0 Å². The monoisotopic (exact) mass is 390 g/mol. The molecule has 1 saturated carbocycles. The van der Waals surface area contributed by atoms with Gasteiger partial charge in [0.05, 0.1) is 25.8 Å². The Morgan fingerprint density at radius 2 is 2.08 bits per heavy atom. The Hall–Kier alpha value is -1.60. The van der Waals surface area contributed by atoms with Crippen LogP contribution in [-0.4, -0.2) is 37.6 Å². The summed E-state index contributed by atoms with van der Waals surface area (Å²) in [7, 11) is 1.59. The fourth-order valence-electron chi connectivity index (χ4n) is 3.31. The van der Waals surface area contributed by atoms with Crippen LogP contribution in [0, 0.1) is 0 Å². The number of carbonyl (C=O) groups is 1. The first-order valence-electron chi connectivity index (χ1n) is 8.69. The molecule has 1 heterocycles. The van der Waals surface area contributed by atoms with Crippen molar-refractivity contribution in [2.75, 3.05) is 13.7 Å². The van der Waals surface area contributed by atoms with Crippen LogP contribution in [-0.2, 0) is 11.3 Å². The minimum absolute atomic E-state index is 0. The van der Waals surface area contributed by atoms with Gasteiger partial charge in [0, 0.05) is 24.6 Å². The number of nitrogens with one attached hydrogen (secondary N) is 2. The van der Waals surface area contributed by atoms with Crippen LogP contribution in [0.1, 0.15) is 37.7 Å². The molecular formula is C18H25ClF2N2O3. The Kier molecular flexibility index (Phi) is 7.06. The van der Waals surface area contributed by atoms with Gasteiger partial charge < -0.3 is 14.8 Å². The fraction of sp³-hybridized carbons (Fsp3) is 0.611. The van der Waals surface area contributed by atoms with Gasteiger partial charge in [-0.2, -0.15) is 0 Å². The summed E-state index contributed by atoms with van der Waals surface area (Å²) >= 11 is 0. The Morgan fingerprint density at radius 1 is 1.35 bits per heavy atom. The van der Waals surface area contributed by atoms with E-state index in [1.807, 2.05) is 12.1 Å². The standard InChI is InChI=1S/C18H24F2N2O3.ClH/c1-24-14-7-6-12(16(8-14)25-13-4-2-3-5-13)10-21-17(23)15-9-18(19,20)11-22-15;/h6-8,13,15,22H,2-5,9-11H2,1H3,(H,21,23);1H. The van der Waals surface area contributed by atoms with Crippen LogP contribution in [0.2, 0.25) is 0 Å². The minimum Gasteiger partial charge on any atom is -0.497 e. The van der Waals surface area contributed by atoms with E-state index in [-0.39, 0.29) is 25.1 Å². The Bertz CT molecular complexity index is 624. The molecule has 1 aromatic carbocycles. The maximum Gasteiger partial charge on any atom is 0.262 e. The second-order valence-corrected chi connectivity index (χ2v) is 6.71. The van der Waals surface area contributed by atoms with E-state index in [2.05, 4.69) is 10.6 Å². The molecule has 0 spiro atoms. The molecule has 1 saturated heterocycles. The molecule has 3 rings (SSSR count). The highest BCUT2D eigenvalue weighted by Gasteiger charge is 2.42. The maximum absolute atomic E-state index is 13.2. The van der Waals surface area contributed by atoms with E-state index in [4.69, 9.17) is 9.47 Å². The first-order chi connectivity index (χ1) is 12.0. The van der Waals surface area contributed by atoms with E-state index in [0.29, 0.717) is 11.5 Å². The van der Waals surface area contributed by atoms with Crippen LogP contribution in [0.5, 0.6) is 11.5 Å². The van der Waals surface area contributed by atoms with Gasteiger partial charge in [0.2, 0.25) is 5.91 Å². The number of rotatable bonds is 6. The number of halogens is 3. The fourth-order valence-corrected chi connectivity index (χ4v) is 3.31. The van der Waals surface area contributed by atoms with Gasteiger partial charge in [0.25, 0.3) is 5.92 Å². The Labute approximate surface area is 158 Å². The van der Waals surface area contributed by atoms with Gasteiger partial charge in [0.1, 0.15) is 11.5 Å². The van der Waals surface area contributed by atoms with Crippen molar-refractivity contribution in [3.05, 3.63) is 23.8 Å². The number of hydrogen-bond donors (Lipinski definition) is 2. The zero-order valence-corrected chi connectivity index (χ0v) is 15.5. The average Bonchev–Trinajstić information content (AvgIpc) is 3.22. The summed E-state index contributed by atoms with van der Waals surface area (Å²) in [5.74, 6) is -1.88. The molecular weight excluding hydrogens is 366 g/mol. The van der Waals surface area contributed by atoms with Crippen LogP contribution >= 0.6 is 12.4 Å². The summed E-state index contributed by atoms with van der Waals surface area (Å²) in [6, 6.07) is 4.58. The van der Waals surface area contributed by atoms with E-state index in [0.717, 1.165) is 31.2 Å².